The fourth-order valence-corrected chi connectivity index (χ4v) is 3.97. The zero-order valence-corrected chi connectivity index (χ0v) is 16.0. The van der Waals surface area contributed by atoms with Crippen LogP contribution in [0, 0.1) is 24.1 Å². The summed E-state index contributed by atoms with van der Waals surface area (Å²) in [5.74, 6) is 0.352. The number of hydrogen-bond donors (Lipinski definition) is 2. The Bertz CT molecular complexity index is 964. The lowest BCUT2D eigenvalue weighted by atomic mass is 9.82. The summed E-state index contributed by atoms with van der Waals surface area (Å²) in [6, 6.07) is 4.54. The SMILES string of the molecule is Cc1cncc(N2CC3CCN(C(=O)c4c(F)cccc4N/N=C\C=N)CC32)n1. The first-order chi connectivity index (χ1) is 14.1. The lowest BCUT2D eigenvalue weighted by molar-refractivity contribution is 0.0587. The molecular weight excluding hydrogens is 373 g/mol. The maximum atomic E-state index is 14.5. The van der Waals surface area contributed by atoms with E-state index in [9.17, 15) is 9.18 Å². The number of nitrogens with one attached hydrogen (secondary N) is 2. The molecule has 4 rings (SSSR count). The second-order valence-electron chi connectivity index (χ2n) is 7.26. The van der Waals surface area contributed by atoms with Crippen LogP contribution in [-0.2, 0) is 0 Å². The molecule has 0 radical (unpaired) electrons. The fraction of sp³-hybridized carbons (Fsp3) is 0.350. The smallest absolute Gasteiger partial charge is 0.259 e. The number of anilines is 2. The predicted octanol–water partition coefficient (Wildman–Crippen LogP) is 2.32. The van der Waals surface area contributed by atoms with Gasteiger partial charge in [0, 0.05) is 38.0 Å². The molecule has 0 saturated carbocycles. The molecule has 0 spiro atoms. The summed E-state index contributed by atoms with van der Waals surface area (Å²) in [5, 5.41) is 10.8. The van der Waals surface area contributed by atoms with Gasteiger partial charge in [-0.3, -0.25) is 15.2 Å². The monoisotopic (exact) mass is 395 g/mol. The van der Waals surface area contributed by atoms with Crippen LogP contribution in [0.4, 0.5) is 15.9 Å². The number of likely N-dealkylation sites (tertiary alicyclic amines) is 1. The standard InChI is InChI=1S/C20H22FN7O/c1-13-9-23-10-18(25-13)28-11-14-5-8-27(12-17(14)28)20(29)19-15(21)3-2-4-16(19)26-24-7-6-22/h2-4,6-7,9-10,14,17,22,26H,5,8,11-12H2,1H3/b22-6?,24-7-. The van der Waals surface area contributed by atoms with Crippen LogP contribution in [0.1, 0.15) is 22.5 Å². The van der Waals surface area contributed by atoms with Crippen molar-refractivity contribution in [3.8, 4) is 0 Å². The molecule has 2 fully saturated rings. The van der Waals surface area contributed by atoms with Gasteiger partial charge >= 0.3 is 0 Å². The van der Waals surface area contributed by atoms with Crippen LogP contribution in [0.2, 0.25) is 0 Å². The van der Waals surface area contributed by atoms with Gasteiger partial charge in [-0.25, -0.2) is 9.37 Å². The molecule has 2 aliphatic rings. The largest absolute Gasteiger partial charge is 0.350 e. The maximum absolute atomic E-state index is 14.5. The Hall–Kier alpha value is -3.36. The van der Waals surface area contributed by atoms with Gasteiger partial charge in [-0.2, -0.15) is 5.10 Å². The topological polar surface area (TPSA) is 97.6 Å². The summed E-state index contributed by atoms with van der Waals surface area (Å²) in [6.45, 7) is 3.90. The first kappa shape index (κ1) is 19.0. The molecule has 1 aromatic carbocycles. The highest BCUT2D eigenvalue weighted by atomic mass is 19.1. The average Bonchev–Trinajstić information content (AvgIpc) is 2.69. The molecule has 2 unspecified atom stereocenters. The van der Waals surface area contributed by atoms with Gasteiger partial charge in [0.15, 0.2) is 0 Å². The Balaban J connectivity index is 1.53. The maximum Gasteiger partial charge on any atom is 0.259 e. The van der Waals surface area contributed by atoms with Crippen molar-refractivity contribution >= 4 is 29.8 Å². The number of hydrogen-bond acceptors (Lipinski definition) is 7. The number of benzene rings is 1. The van der Waals surface area contributed by atoms with E-state index in [2.05, 4.69) is 25.4 Å². The van der Waals surface area contributed by atoms with Gasteiger partial charge < -0.3 is 15.2 Å². The van der Waals surface area contributed by atoms with Gasteiger partial charge in [-0.05, 0) is 25.5 Å². The number of rotatable bonds is 5. The number of aryl methyl sites for hydroxylation is 1. The molecule has 9 heteroatoms. The van der Waals surface area contributed by atoms with Gasteiger partial charge in [-0.1, -0.05) is 6.07 Å². The molecule has 29 heavy (non-hydrogen) atoms. The average molecular weight is 395 g/mol. The highest BCUT2D eigenvalue weighted by Crippen LogP contribution is 2.36. The van der Waals surface area contributed by atoms with Gasteiger partial charge in [0.2, 0.25) is 0 Å². The Labute approximate surface area is 168 Å². The van der Waals surface area contributed by atoms with Crippen molar-refractivity contribution in [3.05, 3.63) is 47.7 Å². The van der Waals surface area contributed by atoms with E-state index in [1.165, 1.54) is 18.3 Å². The molecule has 3 heterocycles. The van der Waals surface area contributed by atoms with Gasteiger partial charge in [0.1, 0.15) is 17.2 Å². The Kier molecular flexibility index (Phi) is 5.20. The quantitative estimate of drug-likeness (QED) is 0.598. The number of amides is 1. The van der Waals surface area contributed by atoms with Crippen molar-refractivity contribution in [3.63, 3.8) is 0 Å². The molecule has 2 atom stereocenters. The second kappa shape index (κ2) is 7.94. The van der Waals surface area contributed by atoms with E-state index >= 15 is 0 Å². The molecule has 2 saturated heterocycles. The van der Waals surface area contributed by atoms with Crippen LogP contribution >= 0.6 is 0 Å². The number of aromatic nitrogens is 2. The predicted molar refractivity (Wildman–Crippen MR) is 109 cm³/mol. The molecule has 150 valence electrons. The van der Waals surface area contributed by atoms with Crippen LogP contribution in [0.15, 0.2) is 35.7 Å². The van der Waals surface area contributed by atoms with Crippen LogP contribution in [0.25, 0.3) is 0 Å². The fourth-order valence-electron chi connectivity index (χ4n) is 3.97. The molecule has 2 aromatic rings. The molecule has 1 amide bonds. The van der Waals surface area contributed by atoms with Crippen molar-refractivity contribution in [2.24, 2.45) is 11.0 Å². The van der Waals surface area contributed by atoms with Crippen molar-refractivity contribution < 1.29 is 9.18 Å². The number of piperidine rings is 1. The normalized spacial score (nSPS) is 20.9. The van der Waals surface area contributed by atoms with E-state index < -0.39 is 5.82 Å². The van der Waals surface area contributed by atoms with Gasteiger partial charge in [-0.15, -0.1) is 0 Å². The third-order valence-electron chi connectivity index (χ3n) is 5.44. The van der Waals surface area contributed by atoms with E-state index in [1.807, 2.05) is 6.92 Å². The third kappa shape index (κ3) is 3.67. The van der Waals surface area contributed by atoms with Gasteiger partial charge in [0.25, 0.3) is 5.91 Å². The number of carbonyl (C=O) groups excluding carboxylic acids is 1. The van der Waals surface area contributed by atoms with Crippen LogP contribution in [0.5, 0.6) is 0 Å². The molecule has 2 N–H and O–H groups in total. The van der Waals surface area contributed by atoms with E-state index in [4.69, 9.17) is 5.41 Å². The first-order valence-electron chi connectivity index (χ1n) is 9.49. The van der Waals surface area contributed by atoms with Crippen LogP contribution in [-0.4, -0.2) is 58.9 Å². The lowest BCUT2D eigenvalue weighted by Gasteiger charge is -2.53. The van der Waals surface area contributed by atoms with Crippen molar-refractivity contribution in [2.45, 2.75) is 19.4 Å². The zero-order valence-electron chi connectivity index (χ0n) is 16.0. The van der Waals surface area contributed by atoms with E-state index in [-0.39, 0.29) is 23.2 Å². The number of hydrazone groups is 1. The summed E-state index contributed by atoms with van der Waals surface area (Å²) >= 11 is 0. The van der Waals surface area contributed by atoms with Crippen LogP contribution in [0.3, 0.4) is 0 Å². The Morgan fingerprint density at radius 1 is 1.38 bits per heavy atom. The minimum absolute atomic E-state index is 0.0331. The molecule has 2 aliphatic heterocycles. The highest BCUT2D eigenvalue weighted by Gasteiger charge is 2.44. The Morgan fingerprint density at radius 3 is 3.03 bits per heavy atom. The molecule has 1 aromatic heterocycles. The van der Waals surface area contributed by atoms with Crippen molar-refractivity contribution in [1.29, 1.82) is 5.41 Å². The molecular formula is C20H22FN7O. The third-order valence-corrected chi connectivity index (χ3v) is 5.44. The molecule has 0 aliphatic carbocycles. The minimum atomic E-state index is -0.595. The van der Waals surface area contributed by atoms with Crippen LogP contribution < -0.4 is 10.3 Å². The minimum Gasteiger partial charge on any atom is -0.350 e. The number of carbonyl (C=O) groups is 1. The van der Waals surface area contributed by atoms with Crippen molar-refractivity contribution in [2.75, 3.05) is 30.0 Å². The summed E-state index contributed by atoms with van der Waals surface area (Å²) in [5.41, 5.74) is 3.75. The van der Waals surface area contributed by atoms with Crippen molar-refractivity contribution in [1.82, 2.24) is 14.9 Å². The number of halogens is 1. The highest BCUT2D eigenvalue weighted by molar-refractivity contribution is 6.14. The zero-order chi connectivity index (χ0) is 20.4. The van der Waals surface area contributed by atoms with Gasteiger partial charge in [0.05, 0.1) is 29.8 Å². The summed E-state index contributed by atoms with van der Waals surface area (Å²) in [7, 11) is 0. The van der Waals surface area contributed by atoms with E-state index in [1.54, 1.807) is 23.4 Å². The summed E-state index contributed by atoms with van der Waals surface area (Å²) in [6.07, 6.45) is 6.54. The Morgan fingerprint density at radius 2 is 2.24 bits per heavy atom. The number of fused-ring (bicyclic) bond motifs is 1. The van der Waals surface area contributed by atoms with E-state index in [0.29, 0.717) is 19.0 Å². The first-order valence-corrected chi connectivity index (χ1v) is 9.49. The second-order valence-corrected chi connectivity index (χ2v) is 7.26. The number of nitrogens with zero attached hydrogens (tertiary/aromatic N) is 5. The van der Waals surface area contributed by atoms with E-state index in [0.717, 1.165) is 30.7 Å². The summed E-state index contributed by atoms with van der Waals surface area (Å²) in [4.78, 5) is 25.8. The molecule has 0 bridgehead atoms. The summed E-state index contributed by atoms with van der Waals surface area (Å²) < 4.78 is 14.5. The molecule has 8 nitrogen and oxygen atoms in total. The lowest BCUT2D eigenvalue weighted by Crippen LogP contribution is -2.65.